The Morgan fingerprint density at radius 2 is 1.37 bits per heavy atom. The number of hydrogen-bond donors (Lipinski definition) is 1. The average Bonchev–Trinajstić information content (AvgIpc) is 2.64. The zero-order valence-corrected chi connectivity index (χ0v) is 20.3. The van der Waals surface area contributed by atoms with Gasteiger partial charge in [0, 0.05) is 6.92 Å². The molecule has 5 heteroatoms. The van der Waals surface area contributed by atoms with Crippen LogP contribution in [0.15, 0.2) is 12.2 Å². The van der Waals surface area contributed by atoms with Gasteiger partial charge in [0.2, 0.25) is 0 Å². The lowest BCUT2D eigenvalue weighted by atomic mass is 10.0. The molecule has 30 heavy (non-hydrogen) atoms. The number of unbranched alkanes of at least 4 members (excludes halogenated alkanes) is 12. The number of alkyl carbamates (subject to hydrolysis) is 1. The van der Waals surface area contributed by atoms with Gasteiger partial charge in [-0.3, -0.25) is 4.79 Å². The summed E-state index contributed by atoms with van der Waals surface area (Å²) in [5.74, 6) is -0.361. The fourth-order valence-corrected chi connectivity index (χ4v) is 3.18. The number of carbonyl (C=O) groups excluding carboxylic acids is 2. The first-order chi connectivity index (χ1) is 14.2. The maximum atomic E-state index is 12.0. The van der Waals surface area contributed by atoms with E-state index in [1.165, 1.54) is 77.6 Å². The van der Waals surface area contributed by atoms with Crippen molar-refractivity contribution in [2.24, 2.45) is 0 Å². The van der Waals surface area contributed by atoms with Crippen LogP contribution in [0.1, 0.15) is 118 Å². The van der Waals surface area contributed by atoms with Crippen molar-refractivity contribution in [3.8, 4) is 0 Å². The Labute approximate surface area is 185 Å². The molecule has 0 bridgehead atoms. The monoisotopic (exact) mass is 425 g/mol. The molecule has 0 heterocycles. The lowest BCUT2D eigenvalue weighted by molar-refractivity contribution is -0.141. The molecule has 0 spiro atoms. The molecular formula is C25H47NO4. The van der Waals surface area contributed by atoms with Gasteiger partial charge in [-0.2, -0.15) is 0 Å². The first-order valence-corrected chi connectivity index (χ1v) is 12.0. The molecular weight excluding hydrogens is 378 g/mol. The molecule has 0 radical (unpaired) electrons. The Morgan fingerprint density at radius 3 is 1.83 bits per heavy atom. The molecule has 0 aromatic heterocycles. The van der Waals surface area contributed by atoms with Gasteiger partial charge in [0.1, 0.15) is 12.2 Å². The average molecular weight is 426 g/mol. The van der Waals surface area contributed by atoms with E-state index in [0.717, 1.165) is 12.8 Å². The van der Waals surface area contributed by atoms with Crippen molar-refractivity contribution in [3.63, 3.8) is 0 Å². The molecule has 0 fully saturated rings. The number of rotatable bonds is 17. The van der Waals surface area contributed by atoms with Crippen LogP contribution in [-0.4, -0.2) is 30.3 Å². The fourth-order valence-electron chi connectivity index (χ4n) is 3.18. The summed E-state index contributed by atoms with van der Waals surface area (Å²) in [6.45, 7) is 9.19. The van der Waals surface area contributed by atoms with Gasteiger partial charge in [-0.05, 0) is 33.6 Å². The second kappa shape index (κ2) is 18.3. The highest BCUT2D eigenvalue weighted by Crippen LogP contribution is 2.13. The van der Waals surface area contributed by atoms with Gasteiger partial charge in [-0.1, -0.05) is 89.7 Å². The van der Waals surface area contributed by atoms with Crippen molar-refractivity contribution < 1.29 is 19.1 Å². The van der Waals surface area contributed by atoms with E-state index in [1.807, 2.05) is 26.8 Å². The van der Waals surface area contributed by atoms with Gasteiger partial charge in [0.05, 0.1) is 6.04 Å². The fraction of sp³-hybridized carbons (Fsp3) is 0.840. The molecule has 1 atom stereocenters. The molecule has 1 amide bonds. The lowest BCUT2D eigenvalue weighted by Crippen LogP contribution is -2.40. The van der Waals surface area contributed by atoms with Crippen LogP contribution in [0.2, 0.25) is 0 Å². The highest BCUT2D eigenvalue weighted by atomic mass is 16.6. The number of hydrogen-bond acceptors (Lipinski definition) is 4. The lowest BCUT2D eigenvalue weighted by Gasteiger charge is -2.22. The number of ether oxygens (including phenoxy) is 2. The molecule has 0 aromatic carbocycles. The normalized spacial score (nSPS) is 12.7. The van der Waals surface area contributed by atoms with Crippen LogP contribution in [0, 0.1) is 0 Å². The third-order valence-electron chi connectivity index (χ3n) is 4.76. The smallest absolute Gasteiger partial charge is 0.408 e. The second-order valence-corrected chi connectivity index (χ2v) is 9.16. The van der Waals surface area contributed by atoms with E-state index < -0.39 is 11.7 Å². The largest absolute Gasteiger partial charge is 0.463 e. The van der Waals surface area contributed by atoms with Crippen LogP contribution in [0.3, 0.4) is 0 Å². The van der Waals surface area contributed by atoms with E-state index >= 15 is 0 Å². The van der Waals surface area contributed by atoms with Gasteiger partial charge in [0.15, 0.2) is 0 Å². The summed E-state index contributed by atoms with van der Waals surface area (Å²) in [7, 11) is 0. The maximum Gasteiger partial charge on any atom is 0.408 e. The quantitative estimate of drug-likeness (QED) is 0.153. The van der Waals surface area contributed by atoms with Crippen molar-refractivity contribution in [2.75, 3.05) is 6.61 Å². The van der Waals surface area contributed by atoms with Crippen LogP contribution in [0.5, 0.6) is 0 Å². The summed E-state index contributed by atoms with van der Waals surface area (Å²) in [5, 5.41) is 2.75. The molecule has 0 saturated heterocycles. The summed E-state index contributed by atoms with van der Waals surface area (Å²) in [4.78, 5) is 23.0. The summed E-state index contributed by atoms with van der Waals surface area (Å²) < 4.78 is 10.3. The number of allylic oxidation sites excluding steroid dienone is 1. The standard InChI is InChI=1S/C25H47NO4/c1-6-7-8-9-10-11-12-13-14-15-16-17-18-19-20-23(21-29-22(2)27)26-24(28)30-25(3,4)5/h19-20,23H,6-18,21H2,1-5H3,(H,26,28)/b20-19-/t23-/m1/s1. The van der Waals surface area contributed by atoms with E-state index in [2.05, 4.69) is 18.3 Å². The van der Waals surface area contributed by atoms with E-state index in [-0.39, 0.29) is 18.6 Å². The van der Waals surface area contributed by atoms with Gasteiger partial charge < -0.3 is 14.8 Å². The molecule has 0 unspecified atom stereocenters. The zero-order chi connectivity index (χ0) is 22.7. The van der Waals surface area contributed by atoms with Crippen molar-refractivity contribution in [1.29, 1.82) is 0 Å². The van der Waals surface area contributed by atoms with Crippen LogP contribution in [-0.2, 0) is 14.3 Å². The number of amides is 1. The van der Waals surface area contributed by atoms with Crippen LogP contribution < -0.4 is 5.32 Å². The molecule has 0 aliphatic rings. The van der Waals surface area contributed by atoms with E-state index in [9.17, 15) is 9.59 Å². The highest BCUT2D eigenvalue weighted by Gasteiger charge is 2.18. The maximum absolute atomic E-state index is 12.0. The minimum atomic E-state index is -0.561. The molecule has 0 aromatic rings. The predicted octanol–water partition coefficient (Wildman–Crippen LogP) is 7.09. The number of nitrogens with one attached hydrogen (secondary N) is 1. The third-order valence-corrected chi connectivity index (χ3v) is 4.76. The summed E-state index contributed by atoms with van der Waals surface area (Å²) in [6.07, 6.45) is 20.4. The first-order valence-electron chi connectivity index (χ1n) is 12.0. The van der Waals surface area contributed by atoms with Gasteiger partial charge in [0.25, 0.3) is 0 Å². The van der Waals surface area contributed by atoms with Gasteiger partial charge in [-0.25, -0.2) is 4.79 Å². The zero-order valence-electron chi connectivity index (χ0n) is 20.3. The van der Waals surface area contributed by atoms with Crippen molar-refractivity contribution in [3.05, 3.63) is 12.2 Å². The molecule has 5 nitrogen and oxygen atoms in total. The molecule has 0 aliphatic heterocycles. The summed E-state index contributed by atoms with van der Waals surface area (Å²) in [6, 6.07) is -0.374. The number of esters is 1. The minimum Gasteiger partial charge on any atom is -0.463 e. The highest BCUT2D eigenvalue weighted by molar-refractivity contribution is 5.69. The van der Waals surface area contributed by atoms with E-state index in [0.29, 0.717) is 0 Å². The molecule has 0 aliphatic carbocycles. The SMILES string of the molecule is CCCCCCCCCCCCCC/C=C\[C@H](COC(C)=O)NC(=O)OC(C)(C)C. The topological polar surface area (TPSA) is 64.6 Å². The van der Waals surface area contributed by atoms with Crippen molar-refractivity contribution in [2.45, 2.75) is 130 Å². The van der Waals surface area contributed by atoms with Crippen LogP contribution >= 0.6 is 0 Å². The predicted molar refractivity (Wildman–Crippen MR) is 125 cm³/mol. The van der Waals surface area contributed by atoms with E-state index in [4.69, 9.17) is 9.47 Å². The second-order valence-electron chi connectivity index (χ2n) is 9.16. The van der Waals surface area contributed by atoms with Crippen LogP contribution in [0.4, 0.5) is 4.79 Å². The van der Waals surface area contributed by atoms with Gasteiger partial charge in [-0.15, -0.1) is 0 Å². The Kier molecular flexibility index (Phi) is 17.3. The molecule has 0 rings (SSSR count). The minimum absolute atomic E-state index is 0.115. The third kappa shape index (κ3) is 21.2. The van der Waals surface area contributed by atoms with Gasteiger partial charge >= 0.3 is 12.1 Å². The Balaban J connectivity index is 3.88. The molecule has 0 saturated carbocycles. The number of carbonyl (C=O) groups is 2. The van der Waals surface area contributed by atoms with Crippen LogP contribution in [0.25, 0.3) is 0 Å². The Bertz CT molecular complexity index is 468. The molecule has 1 N–H and O–H groups in total. The van der Waals surface area contributed by atoms with E-state index in [1.54, 1.807) is 0 Å². The Hall–Kier alpha value is -1.52. The summed E-state index contributed by atoms with van der Waals surface area (Å²) in [5.41, 5.74) is -0.561. The summed E-state index contributed by atoms with van der Waals surface area (Å²) >= 11 is 0. The van der Waals surface area contributed by atoms with Crippen molar-refractivity contribution >= 4 is 12.1 Å². The molecule has 176 valence electrons. The first kappa shape index (κ1) is 28.5. The van der Waals surface area contributed by atoms with Crippen molar-refractivity contribution in [1.82, 2.24) is 5.32 Å². The Morgan fingerprint density at radius 1 is 0.867 bits per heavy atom.